The van der Waals surface area contributed by atoms with Crippen LogP contribution >= 0.6 is 0 Å². The van der Waals surface area contributed by atoms with E-state index < -0.39 is 17.2 Å². The molecule has 1 N–H and O–H groups in total. The van der Waals surface area contributed by atoms with Gasteiger partial charge in [0.1, 0.15) is 17.1 Å². The third-order valence-corrected chi connectivity index (χ3v) is 7.06. The van der Waals surface area contributed by atoms with Crippen molar-refractivity contribution in [2.24, 2.45) is 14.1 Å². The number of nitrogens with one attached hydrogen (secondary N) is 1. The Morgan fingerprint density at radius 1 is 0.975 bits per heavy atom. The fourth-order valence-corrected chi connectivity index (χ4v) is 4.88. The van der Waals surface area contributed by atoms with Gasteiger partial charge in [0.2, 0.25) is 0 Å². The molecule has 0 fully saturated rings. The van der Waals surface area contributed by atoms with Crippen molar-refractivity contribution >= 4 is 11.6 Å². The van der Waals surface area contributed by atoms with Crippen LogP contribution in [0.1, 0.15) is 27.0 Å². The lowest BCUT2D eigenvalue weighted by atomic mass is 9.90. The third kappa shape index (κ3) is 5.33. The summed E-state index contributed by atoms with van der Waals surface area (Å²) < 4.78 is 22.8. The number of hydrogen-bond donors (Lipinski definition) is 1. The molecule has 0 saturated heterocycles. The van der Waals surface area contributed by atoms with Crippen LogP contribution in [0.25, 0.3) is 22.3 Å². The lowest BCUT2D eigenvalue weighted by molar-refractivity contribution is 0.102. The van der Waals surface area contributed by atoms with Crippen molar-refractivity contribution in [1.29, 1.82) is 0 Å². The van der Waals surface area contributed by atoms with Crippen molar-refractivity contribution in [3.05, 3.63) is 104 Å². The molecular formula is C31H33FN4O4. The van der Waals surface area contributed by atoms with E-state index >= 15 is 4.39 Å². The highest BCUT2D eigenvalue weighted by molar-refractivity contribution is 6.04. The zero-order chi connectivity index (χ0) is 29.3. The fourth-order valence-electron chi connectivity index (χ4n) is 4.88. The minimum absolute atomic E-state index is 0.138. The molecule has 0 spiro atoms. The highest BCUT2D eigenvalue weighted by Gasteiger charge is 2.19. The van der Waals surface area contributed by atoms with Gasteiger partial charge in [0, 0.05) is 38.1 Å². The SMILES string of the molecule is COc1cc(-c2cccc(-c3cccc(NC(=O)c4cn(C)c(=O)n(C)c4=O)c3C)c2C)cc(F)c1CN(C)C. The average molecular weight is 545 g/mol. The maximum Gasteiger partial charge on any atom is 0.330 e. The second-order valence-electron chi connectivity index (χ2n) is 10.1. The van der Waals surface area contributed by atoms with Gasteiger partial charge in [-0.2, -0.15) is 0 Å². The van der Waals surface area contributed by atoms with Crippen LogP contribution in [0.3, 0.4) is 0 Å². The second kappa shape index (κ2) is 11.3. The molecule has 1 amide bonds. The first-order chi connectivity index (χ1) is 18.9. The monoisotopic (exact) mass is 544 g/mol. The molecule has 0 radical (unpaired) electrons. The van der Waals surface area contributed by atoms with E-state index in [1.165, 1.54) is 38.0 Å². The Labute approximate surface area is 232 Å². The number of aryl methyl sites for hydroxylation is 1. The summed E-state index contributed by atoms with van der Waals surface area (Å²) in [7, 11) is 8.11. The van der Waals surface area contributed by atoms with E-state index in [9.17, 15) is 14.4 Å². The normalized spacial score (nSPS) is 11.1. The number of hydrogen-bond acceptors (Lipinski definition) is 5. The summed E-state index contributed by atoms with van der Waals surface area (Å²) in [4.78, 5) is 39.5. The van der Waals surface area contributed by atoms with Gasteiger partial charge >= 0.3 is 5.69 Å². The maximum absolute atomic E-state index is 15.2. The summed E-state index contributed by atoms with van der Waals surface area (Å²) in [6.07, 6.45) is 1.24. The zero-order valence-corrected chi connectivity index (χ0v) is 23.8. The van der Waals surface area contributed by atoms with Gasteiger partial charge < -0.3 is 19.5 Å². The van der Waals surface area contributed by atoms with Crippen molar-refractivity contribution in [3.63, 3.8) is 0 Å². The Bertz CT molecular complexity index is 1740. The molecule has 9 heteroatoms. The van der Waals surface area contributed by atoms with Crippen molar-refractivity contribution < 1.29 is 13.9 Å². The van der Waals surface area contributed by atoms with Gasteiger partial charge in [-0.3, -0.25) is 14.2 Å². The van der Waals surface area contributed by atoms with E-state index in [1.807, 2.05) is 69.2 Å². The summed E-state index contributed by atoms with van der Waals surface area (Å²) in [6, 6.07) is 14.7. The highest BCUT2D eigenvalue weighted by Crippen LogP contribution is 2.37. The summed E-state index contributed by atoms with van der Waals surface area (Å²) in [5.41, 5.74) is 4.78. The molecule has 1 heterocycles. The molecule has 208 valence electrons. The van der Waals surface area contributed by atoms with Crippen LogP contribution in [-0.2, 0) is 20.6 Å². The number of ether oxygens (including phenoxy) is 1. The van der Waals surface area contributed by atoms with Gasteiger partial charge in [-0.1, -0.05) is 30.3 Å². The number of carbonyl (C=O) groups excluding carboxylic acids is 1. The first kappa shape index (κ1) is 28.5. The fraction of sp³-hybridized carbons (Fsp3) is 0.258. The molecule has 4 rings (SSSR count). The quantitative estimate of drug-likeness (QED) is 0.371. The van der Waals surface area contributed by atoms with Crippen LogP contribution in [-0.4, -0.2) is 41.1 Å². The number of methoxy groups -OCH3 is 1. The second-order valence-corrected chi connectivity index (χ2v) is 10.1. The number of benzene rings is 3. The molecular weight excluding hydrogens is 511 g/mol. The number of rotatable bonds is 7. The van der Waals surface area contributed by atoms with Gasteiger partial charge in [-0.05, 0) is 79.5 Å². The molecule has 0 aliphatic rings. The number of aromatic nitrogens is 2. The van der Waals surface area contributed by atoms with E-state index in [2.05, 4.69) is 5.32 Å². The van der Waals surface area contributed by atoms with Crippen LogP contribution in [0.5, 0.6) is 5.75 Å². The van der Waals surface area contributed by atoms with Crippen molar-refractivity contribution in [1.82, 2.24) is 14.0 Å². The Hall–Kier alpha value is -4.50. The number of carbonyl (C=O) groups is 1. The van der Waals surface area contributed by atoms with Gasteiger partial charge in [-0.15, -0.1) is 0 Å². The van der Waals surface area contributed by atoms with Crippen LogP contribution in [0.15, 0.2) is 64.3 Å². The highest BCUT2D eigenvalue weighted by atomic mass is 19.1. The molecule has 3 aromatic carbocycles. The largest absolute Gasteiger partial charge is 0.496 e. The van der Waals surface area contributed by atoms with Crippen LogP contribution in [0.4, 0.5) is 10.1 Å². The Morgan fingerprint density at radius 2 is 1.60 bits per heavy atom. The van der Waals surface area contributed by atoms with E-state index in [-0.39, 0.29) is 11.4 Å². The summed E-state index contributed by atoms with van der Waals surface area (Å²) in [6.45, 7) is 4.27. The third-order valence-electron chi connectivity index (χ3n) is 7.06. The topological polar surface area (TPSA) is 85.6 Å². The molecule has 0 aliphatic heterocycles. The maximum atomic E-state index is 15.2. The van der Waals surface area contributed by atoms with E-state index in [1.54, 1.807) is 6.07 Å². The predicted octanol–water partition coefficient (Wildman–Crippen LogP) is 4.50. The molecule has 0 aliphatic carbocycles. The molecule has 0 bridgehead atoms. The lowest BCUT2D eigenvalue weighted by Gasteiger charge is -2.19. The number of halogens is 1. The standard InChI is InChI=1S/C31H33FN4O4/c1-18-21(20-14-26(32)24(16-34(3)4)28(15-20)40-7)10-8-11-22(18)23-12-9-13-27(19(23)2)33-29(37)25-17-35(5)31(39)36(6)30(25)38/h8-15,17H,16H2,1-7H3,(H,33,37). The van der Waals surface area contributed by atoms with Crippen LogP contribution < -0.4 is 21.3 Å². The zero-order valence-electron chi connectivity index (χ0n) is 23.8. The molecule has 0 atom stereocenters. The number of amides is 1. The Kier molecular flexibility index (Phi) is 8.06. The first-order valence-electron chi connectivity index (χ1n) is 12.7. The van der Waals surface area contributed by atoms with E-state index in [0.717, 1.165) is 32.4 Å². The van der Waals surface area contributed by atoms with Gasteiger partial charge in [-0.25, -0.2) is 9.18 Å². The Morgan fingerprint density at radius 3 is 2.25 bits per heavy atom. The van der Waals surface area contributed by atoms with Gasteiger partial charge in [0.05, 0.1) is 7.11 Å². The lowest BCUT2D eigenvalue weighted by Crippen LogP contribution is -2.40. The molecule has 0 unspecified atom stereocenters. The molecule has 4 aromatic rings. The van der Waals surface area contributed by atoms with Gasteiger partial charge in [0.25, 0.3) is 11.5 Å². The van der Waals surface area contributed by atoms with Crippen LogP contribution in [0, 0.1) is 19.7 Å². The smallest absolute Gasteiger partial charge is 0.330 e. The molecule has 40 heavy (non-hydrogen) atoms. The molecule has 8 nitrogen and oxygen atoms in total. The summed E-state index contributed by atoms with van der Waals surface area (Å²) in [5, 5.41) is 2.82. The van der Waals surface area contributed by atoms with Crippen molar-refractivity contribution in [2.45, 2.75) is 20.4 Å². The van der Waals surface area contributed by atoms with E-state index in [4.69, 9.17) is 4.74 Å². The summed E-state index contributed by atoms with van der Waals surface area (Å²) in [5.74, 6) is -0.459. The summed E-state index contributed by atoms with van der Waals surface area (Å²) >= 11 is 0. The van der Waals surface area contributed by atoms with E-state index in [0.29, 0.717) is 29.1 Å². The average Bonchev–Trinajstić information content (AvgIpc) is 2.91. The van der Waals surface area contributed by atoms with Crippen molar-refractivity contribution in [2.75, 3.05) is 26.5 Å². The van der Waals surface area contributed by atoms with Gasteiger partial charge in [0.15, 0.2) is 0 Å². The number of anilines is 1. The molecule has 0 saturated carbocycles. The molecule has 1 aromatic heterocycles. The minimum atomic E-state index is -0.669. The van der Waals surface area contributed by atoms with Crippen LogP contribution in [0.2, 0.25) is 0 Å². The minimum Gasteiger partial charge on any atom is -0.496 e. The Balaban J connectivity index is 1.75. The van der Waals surface area contributed by atoms with Crippen molar-refractivity contribution in [3.8, 4) is 28.0 Å². The predicted molar refractivity (Wildman–Crippen MR) is 156 cm³/mol. The first-order valence-corrected chi connectivity index (χ1v) is 12.7. The number of nitrogens with zero attached hydrogens (tertiary/aromatic N) is 3.